The molecule has 3 nitrogen and oxygen atoms in total. The first-order valence-electron chi connectivity index (χ1n) is 7.82. The lowest BCUT2D eigenvalue weighted by atomic mass is 9.93. The van der Waals surface area contributed by atoms with E-state index in [1.807, 2.05) is 18.2 Å². The summed E-state index contributed by atoms with van der Waals surface area (Å²) in [4.78, 5) is 12.1. The zero-order valence-corrected chi connectivity index (χ0v) is 13.6. The number of hydrogen-bond donors (Lipinski definition) is 2. The molecule has 1 amide bonds. The molecule has 0 spiro atoms. The van der Waals surface area contributed by atoms with Crippen LogP contribution in [0.15, 0.2) is 30.3 Å². The lowest BCUT2D eigenvalue weighted by Gasteiger charge is -2.23. The van der Waals surface area contributed by atoms with Crippen molar-refractivity contribution >= 4 is 18.3 Å². The van der Waals surface area contributed by atoms with Crippen LogP contribution in [0.4, 0.5) is 0 Å². The van der Waals surface area contributed by atoms with Crippen LogP contribution in [-0.2, 0) is 4.79 Å². The molecule has 118 valence electrons. The van der Waals surface area contributed by atoms with E-state index < -0.39 is 0 Å². The van der Waals surface area contributed by atoms with Crippen molar-refractivity contribution in [2.45, 2.75) is 38.5 Å². The predicted molar refractivity (Wildman–Crippen MR) is 89.9 cm³/mol. The Labute approximate surface area is 134 Å². The van der Waals surface area contributed by atoms with Crippen LogP contribution < -0.4 is 10.6 Å². The van der Waals surface area contributed by atoms with Crippen LogP contribution in [0.25, 0.3) is 0 Å². The second kappa shape index (κ2) is 9.80. The number of benzene rings is 1. The van der Waals surface area contributed by atoms with E-state index >= 15 is 0 Å². The SMILES string of the molecule is CCC(CC(=O)NCC1CCCNC1)c1ccccc1.Cl. The summed E-state index contributed by atoms with van der Waals surface area (Å²) in [7, 11) is 0. The fourth-order valence-corrected chi connectivity index (χ4v) is 2.88. The van der Waals surface area contributed by atoms with E-state index in [0.29, 0.717) is 18.3 Å². The number of halogens is 1. The Hall–Kier alpha value is -1.06. The van der Waals surface area contributed by atoms with Crippen molar-refractivity contribution in [3.8, 4) is 0 Å². The highest BCUT2D eigenvalue weighted by molar-refractivity contribution is 5.85. The maximum atomic E-state index is 12.1. The summed E-state index contributed by atoms with van der Waals surface area (Å²) in [6, 6.07) is 10.3. The Morgan fingerprint density at radius 3 is 2.76 bits per heavy atom. The molecule has 1 aliphatic heterocycles. The molecule has 0 saturated carbocycles. The molecule has 1 heterocycles. The van der Waals surface area contributed by atoms with Crippen molar-refractivity contribution < 1.29 is 4.79 Å². The largest absolute Gasteiger partial charge is 0.356 e. The van der Waals surface area contributed by atoms with Crippen molar-refractivity contribution in [3.05, 3.63) is 35.9 Å². The van der Waals surface area contributed by atoms with E-state index in [9.17, 15) is 4.79 Å². The smallest absolute Gasteiger partial charge is 0.220 e. The third-order valence-electron chi connectivity index (χ3n) is 4.18. The van der Waals surface area contributed by atoms with E-state index in [-0.39, 0.29) is 18.3 Å². The van der Waals surface area contributed by atoms with Gasteiger partial charge in [0, 0.05) is 13.0 Å². The molecule has 0 aliphatic carbocycles. The van der Waals surface area contributed by atoms with Gasteiger partial charge in [-0.15, -0.1) is 12.4 Å². The van der Waals surface area contributed by atoms with Gasteiger partial charge in [-0.05, 0) is 49.8 Å². The maximum Gasteiger partial charge on any atom is 0.220 e. The molecule has 0 aromatic heterocycles. The fourth-order valence-electron chi connectivity index (χ4n) is 2.88. The highest BCUT2D eigenvalue weighted by atomic mass is 35.5. The first-order chi connectivity index (χ1) is 9.79. The molecule has 0 radical (unpaired) electrons. The van der Waals surface area contributed by atoms with Gasteiger partial charge in [0.15, 0.2) is 0 Å². The lowest BCUT2D eigenvalue weighted by Crippen LogP contribution is -2.38. The predicted octanol–water partition coefficient (Wildman–Crippen LogP) is 3.11. The zero-order valence-electron chi connectivity index (χ0n) is 12.8. The average Bonchev–Trinajstić information content (AvgIpc) is 2.52. The monoisotopic (exact) mass is 310 g/mol. The van der Waals surface area contributed by atoms with Crippen molar-refractivity contribution in [1.82, 2.24) is 10.6 Å². The van der Waals surface area contributed by atoms with E-state index in [1.54, 1.807) is 0 Å². The van der Waals surface area contributed by atoms with E-state index in [0.717, 1.165) is 26.1 Å². The van der Waals surface area contributed by atoms with Crippen molar-refractivity contribution in [1.29, 1.82) is 0 Å². The van der Waals surface area contributed by atoms with Crippen molar-refractivity contribution in [2.75, 3.05) is 19.6 Å². The summed E-state index contributed by atoms with van der Waals surface area (Å²) in [5, 5.41) is 6.49. The summed E-state index contributed by atoms with van der Waals surface area (Å²) in [6.07, 6.45) is 4.05. The Morgan fingerprint density at radius 2 is 2.14 bits per heavy atom. The summed E-state index contributed by atoms with van der Waals surface area (Å²) in [5.41, 5.74) is 1.27. The Bertz CT molecular complexity index is 405. The van der Waals surface area contributed by atoms with Gasteiger partial charge in [-0.2, -0.15) is 0 Å². The second-order valence-corrected chi connectivity index (χ2v) is 5.74. The number of carbonyl (C=O) groups excluding carboxylic acids is 1. The number of carbonyl (C=O) groups is 1. The summed E-state index contributed by atoms with van der Waals surface area (Å²) in [6.45, 7) is 5.12. The summed E-state index contributed by atoms with van der Waals surface area (Å²) < 4.78 is 0. The number of nitrogens with one attached hydrogen (secondary N) is 2. The number of amides is 1. The molecule has 1 saturated heterocycles. The van der Waals surface area contributed by atoms with Gasteiger partial charge in [-0.3, -0.25) is 4.79 Å². The standard InChI is InChI=1S/C17H26N2O.ClH/c1-2-15(16-8-4-3-5-9-16)11-17(20)19-13-14-7-6-10-18-12-14;/h3-5,8-9,14-15,18H,2,6-7,10-13H2,1H3,(H,19,20);1H. The molecule has 21 heavy (non-hydrogen) atoms. The van der Waals surface area contributed by atoms with E-state index in [1.165, 1.54) is 18.4 Å². The van der Waals surface area contributed by atoms with Gasteiger partial charge in [-0.1, -0.05) is 37.3 Å². The highest BCUT2D eigenvalue weighted by Gasteiger charge is 2.17. The van der Waals surface area contributed by atoms with E-state index in [2.05, 4.69) is 29.7 Å². The van der Waals surface area contributed by atoms with Gasteiger partial charge in [0.1, 0.15) is 0 Å². The van der Waals surface area contributed by atoms with Crippen LogP contribution in [0.1, 0.15) is 44.1 Å². The first kappa shape index (κ1) is 18.0. The quantitative estimate of drug-likeness (QED) is 0.847. The van der Waals surface area contributed by atoms with Crippen LogP contribution in [0, 0.1) is 5.92 Å². The third kappa shape index (κ3) is 6.06. The molecule has 2 atom stereocenters. The van der Waals surface area contributed by atoms with Crippen LogP contribution in [-0.4, -0.2) is 25.5 Å². The van der Waals surface area contributed by atoms with Crippen molar-refractivity contribution in [2.24, 2.45) is 5.92 Å². The molecule has 4 heteroatoms. The molecule has 2 rings (SSSR count). The highest BCUT2D eigenvalue weighted by Crippen LogP contribution is 2.22. The molecule has 1 aromatic rings. The molecule has 0 bridgehead atoms. The molecule has 2 unspecified atom stereocenters. The van der Waals surface area contributed by atoms with Crippen LogP contribution >= 0.6 is 12.4 Å². The fraction of sp³-hybridized carbons (Fsp3) is 0.588. The second-order valence-electron chi connectivity index (χ2n) is 5.74. The maximum absolute atomic E-state index is 12.1. The number of piperidine rings is 1. The van der Waals surface area contributed by atoms with E-state index in [4.69, 9.17) is 0 Å². The molecule has 2 N–H and O–H groups in total. The minimum absolute atomic E-state index is 0. The van der Waals surface area contributed by atoms with Crippen LogP contribution in [0.2, 0.25) is 0 Å². The number of hydrogen-bond acceptors (Lipinski definition) is 2. The lowest BCUT2D eigenvalue weighted by molar-refractivity contribution is -0.121. The Balaban J connectivity index is 0.00000220. The van der Waals surface area contributed by atoms with Gasteiger partial charge in [0.25, 0.3) is 0 Å². The third-order valence-corrected chi connectivity index (χ3v) is 4.18. The molecule has 1 aromatic carbocycles. The topological polar surface area (TPSA) is 41.1 Å². The minimum Gasteiger partial charge on any atom is -0.356 e. The van der Waals surface area contributed by atoms with Crippen LogP contribution in [0.3, 0.4) is 0 Å². The molecular formula is C17H27ClN2O. The molecule has 1 fully saturated rings. The van der Waals surface area contributed by atoms with Gasteiger partial charge < -0.3 is 10.6 Å². The van der Waals surface area contributed by atoms with Crippen LogP contribution in [0.5, 0.6) is 0 Å². The van der Waals surface area contributed by atoms with Gasteiger partial charge in [0.05, 0.1) is 0 Å². The number of rotatable bonds is 6. The van der Waals surface area contributed by atoms with Gasteiger partial charge in [0.2, 0.25) is 5.91 Å². The Morgan fingerprint density at radius 1 is 1.38 bits per heavy atom. The molecular weight excluding hydrogens is 284 g/mol. The molecule has 1 aliphatic rings. The van der Waals surface area contributed by atoms with Gasteiger partial charge in [-0.25, -0.2) is 0 Å². The zero-order chi connectivity index (χ0) is 14.2. The summed E-state index contributed by atoms with van der Waals surface area (Å²) in [5.74, 6) is 1.12. The van der Waals surface area contributed by atoms with Crippen molar-refractivity contribution in [3.63, 3.8) is 0 Å². The van der Waals surface area contributed by atoms with Gasteiger partial charge >= 0.3 is 0 Å². The average molecular weight is 311 g/mol. The first-order valence-corrected chi connectivity index (χ1v) is 7.82. The summed E-state index contributed by atoms with van der Waals surface area (Å²) >= 11 is 0. The normalized spacial score (nSPS) is 19.4. The minimum atomic E-state index is 0. The Kier molecular flexibility index (Phi) is 8.40.